The molecule has 0 radical (unpaired) electrons. The number of hydrogen-bond donors (Lipinski definition) is 0. The minimum Gasteiger partial charge on any atom is -0.211 e. The van der Waals surface area contributed by atoms with Gasteiger partial charge in [-0.25, -0.2) is 4.79 Å². The Balaban J connectivity index is 3.21. The largest absolute Gasteiger partial charge is 0.240 e. The van der Waals surface area contributed by atoms with Crippen molar-refractivity contribution in [2.45, 2.75) is 26.2 Å². The van der Waals surface area contributed by atoms with Crippen LogP contribution in [0, 0.1) is 0 Å². The number of aliphatic imine (C=N–C) groups is 1. The Bertz CT molecular complexity index is 426. The van der Waals surface area contributed by atoms with Gasteiger partial charge in [-0.2, -0.15) is 4.99 Å². The molecule has 0 aliphatic heterocycles. The fourth-order valence-corrected chi connectivity index (χ4v) is 1.26. The highest BCUT2D eigenvalue weighted by molar-refractivity contribution is 5.51. The molecule has 0 heterocycles. The molecule has 0 fully saturated rings. The zero-order valence-corrected chi connectivity index (χ0v) is 9.37. The van der Waals surface area contributed by atoms with Crippen LogP contribution >= 0.6 is 0 Å². The summed E-state index contributed by atoms with van der Waals surface area (Å²) in [6, 6.07) is 7.57. The van der Waals surface area contributed by atoms with Gasteiger partial charge in [-0.05, 0) is 24.6 Å². The summed E-state index contributed by atoms with van der Waals surface area (Å²) in [4.78, 5) is 13.8. The number of carbonyl (C=O) groups excluding carboxylic acids is 1. The SMILES string of the molecule is C=C(C)C(C)(C)c1cccc(N=C=O)c1. The molecule has 0 aliphatic carbocycles. The van der Waals surface area contributed by atoms with Crippen LogP contribution in [0.5, 0.6) is 0 Å². The summed E-state index contributed by atoms with van der Waals surface area (Å²) in [5.41, 5.74) is 2.71. The maximum Gasteiger partial charge on any atom is 0.240 e. The van der Waals surface area contributed by atoms with E-state index in [0.29, 0.717) is 5.69 Å². The molecular formula is C13H15NO. The Morgan fingerprint density at radius 3 is 2.67 bits per heavy atom. The van der Waals surface area contributed by atoms with E-state index in [2.05, 4.69) is 25.4 Å². The van der Waals surface area contributed by atoms with E-state index in [1.165, 1.54) is 0 Å². The van der Waals surface area contributed by atoms with Gasteiger partial charge in [0.15, 0.2) is 0 Å². The van der Waals surface area contributed by atoms with E-state index >= 15 is 0 Å². The molecule has 0 bridgehead atoms. The summed E-state index contributed by atoms with van der Waals surface area (Å²) in [7, 11) is 0. The topological polar surface area (TPSA) is 29.4 Å². The Hall–Kier alpha value is -1.66. The van der Waals surface area contributed by atoms with Gasteiger partial charge in [-0.1, -0.05) is 38.1 Å². The molecule has 78 valence electrons. The van der Waals surface area contributed by atoms with Crippen LogP contribution in [-0.4, -0.2) is 6.08 Å². The lowest BCUT2D eigenvalue weighted by molar-refractivity contribution is 0.565. The van der Waals surface area contributed by atoms with E-state index in [0.717, 1.165) is 11.1 Å². The van der Waals surface area contributed by atoms with Gasteiger partial charge in [0.2, 0.25) is 6.08 Å². The van der Waals surface area contributed by atoms with Crippen LogP contribution in [0.25, 0.3) is 0 Å². The van der Waals surface area contributed by atoms with E-state index in [1.54, 1.807) is 12.1 Å². The fourth-order valence-electron chi connectivity index (χ4n) is 1.26. The van der Waals surface area contributed by atoms with Crippen LogP contribution in [0.2, 0.25) is 0 Å². The number of hydrogen-bond acceptors (Lipinski definition) is 2. The van der Waals surface area contributed by atoms with Crippen molar-refractivity contribution >= 4 is 11.8 Å². The standard InChI is InChI=1S/C13H15NO/c1-10(2)13(3,4)11-6-5-7-12(8-11)14-9-15/h5-8H,1H2,2-4H3. The van der Waals surface area contributed by atoms with Crippen molar-refractivity contribution in [3.05, 3.63) is 42.0 Å². The highest BCUT2D eigenvalue weighted by atomic mass is 16.1. The number of allylic oxidation sites excluding steroid dienone is 1. The van der Waals surface area contributed by atoms with Crippen LogP contribution in [-0.2, 0) is 10.2 Å². The first-order valence-corrected chi connectivity index (χ1v) is 4.83. The Kier molecular flexibility index (Phi) is 3.23. The number of rotatable bonds is 3. The lowest BCUT2D eigenvalue weighted by atomic mass is 9.79. The Morgan fingerprint density at radius 1 is 1.47 bits per heavy atom. The Morgan fingerprint density at radius 2 is 2.13 bits per heavy atom. The lowest BCUT2D eigenvalue weighted by Gasteiger charge is -2.25. The zero-order chi connectivity index (χ0) is 11.5. The van der Waals surface area contributed by atoms with Crippen molar-refractivity contribution in [2.24, 2.45) is 4.99 Å². The molecule has 2 heteroatoms. The van der Waals surface area contributed by atoms with Crippen molar-refractivity contribution in [3.63, 3.8) is 0 Å². The summed E-state index contributed by atoms with van der Waals surface area (Å²) in [5.74, 6) is 0. The second-order valence-corrected chi connectivity index (χ2v) is 4.16. The minimum absolute atomic E-state index is 0.103. The molecule has 1 aromatic rings. The normalized spacial score (nSPS) is 10.6. The molecule has 0 amide bonds. The third-order valence-electron chi connectivity index (χ3n) is 2.81. The molecular weight excluding hydrogens is 186 g/mol. The molecule has 2 nitrogen and oxygen atoms in total. The van der Waals surface area contributed by atoms with Crippen LogP contribution < -0.4 is 0 Å². The highest BCUT2D eigenvalue weighted by Crippen LogP contribution is 2.31. The molecule has 1 aromatic carbocycles. The number of benzene rings is 1. The molecule has 0 unspecified atom stereocenters. The van der Waals surface area contributed by atoms with E-state index in [9.17, 15) is 4.79 Å². The molecule has 0 atom stereocenters. The average Bonchev–Trinajstić information content (AvgIpc) is 2.18. The van der Waals surface area contributed by atoms with E-state index in [1.807, 2.05) is 25.1 Å². The van der Waals surface area contributed by atoms with Crippen LogP contribution in [0.15, 0.2) is 41.4 Å². The third kappa shape index (κ3) is 2.42. The van der Waals surface area contributed by atoms with Crippen molar-refractivity contribution in [3.8, 4) is 0 Å². The first-order valence-electron chi connectivity index (χ1n) is 4.83. The average molecular weight is 201 g/mol. The Labute approximate surface area is 90.4 Å². The van der Waals surface area contributed by atoms with Gasteiger partial charge in [0, 0.05) is 5.41 Å². The summed E-state index contributed by atoms with van der Waals surface area (Å²) in [6.07, 6.45) is 1.54. The van der Waals surface area contributed by atoms with Crippen molar-refractivity contribution < 1.29 is 4.79 Å². The summed E-state index contributed by atoms with van der Waals surface area (Å²) < 4.78 is 0. The zero-order valence-electron chi connectivity index (χ0n) is 9.37. The summed E-state index contributed by atoms with van der Waals surface area (Å²) in [5, 5.41) is 0. The molecule has 15 heavy (non-hydrogen) atoms. The first kappa shape index (κ1) is 11.4. The van der Waals surface area contributed by atoms with Gasteiger partial charge in [-0.15, -0.1) is 0 Å². The highest BCUT2D eigenvalue weighted by Gasteiger charge is 2.21. The predicted octanol–water partition coefficient (Wildman–Crippen LogP) is 3.51. The first-order chi connectivity index (χ1) is 6.98. The van der Waals surface area contributed by atoms with E-state index in [-0.39, 0.29) is 5.41 Å². The summed E-state index contributed by atoms with van der Waals surface area (Å²) in [6.45, 7) is 10.2. The maximum absolute atomic E-state index is 10.2. The number of isocyanates is 1. The van der Waals surface area contributed by atoms with Crippen molar-refractivity contribution in [1.82, 2.24) is 0 Å². The van der Waals surface area contributed by atoms with Gasteiger partial charge in [0.1, 0.15) is 0 Å². The molecule has 0 N–H and O–H groups in total. The smallest absolute Gasteiger partial charge is 0.211 e. The minimum atomic E-state index is -0.103. The second kappa shape index (κ2) is 4.24. The van der Waals surface area contributed by atoms with Crippen LogP contribution in [0.3, 0.4) is 0 Å². The van der Waals surface area contributed by atoms with Crippen LogP contribution in [0.4, 0.5) is 5.69 Å². The fraction of sp³-hybridized carbons (Fsp3) is 0.308. The molecule has 0 aliphatic rings. The maximum atomic E-state index is 10.2. The molecule has 0 saturated heterocycles. The molecule has 1 rings (SSSR count). The van der Waals surface area contributed by atoms with Gasteiger partial charge in [0.25, 0.3) is 0 Å². The third-order valence-corrected chi connectivity index (χ3v) is 2.81. The van der Waals surface area contributed by atoms with Gasteiger partial charge in [0.05, 0.1) is 5.69 Å². The van der Waals surface area contributed by atoms with Crippen molar-refractivity contribution in [2.75, 3.05) is 0 Å². The van der Waals surface area contributed by atoms with E-state index < -0.39 is 0 Å². The molecule has 0 aromatic heterocycles. The molecule has 0 saturated carbocycles. The summed E-state index contributed by atoms with van der Waals surface area (Å²) >= 11 is 0. The molecule has 0 spiro atoms. The lowest BCUT2D eigenvalue weighted by Crippen LogP contribution is -2.17. The van der Waals surface area contributed by atoms with Crippen molar-refractivity contribution in [1.29, 1.82) is 0 Å². The van der Waals surface area contributed by atoms with Crippen LogP contribution in [0.1, 0.15) is 26.3 Å². The predicted molar refractivity (Wildman–Crippen MR) is 62.1 cm³/mol. The van der Waals surface area contributed by atoms with Gasteiger partial charge >= 0.3 is 0 Å². The monoisotopic (exact) mass is 201 g/mol. The quantitative estimate of drug-likeness (QED) is 0.418. The van der Waals surface area contributed by atoms with E-state index in [4.69, 9.17) is 0 Å². The second-order valence-electron chi connectivity index (χ2n) is 4.16. The number of nitrogens with zero attached hydrogens (tertiary/aromatic N) is 1. The van der Waals surface area contributed by atoms with Gasteiger partial charge < -0.3 is 0 Å². The van der Waals surface area contributed by atoms with Gasteiger partial charge in [-0.3, -0.25) is 0 Å².